The number of nitrogen functional groups attached to an aromatic ring is 1. The monoisotopic (exact) mass is 671 g/mol. The molecule has 2 atom stereocenters. The molecule has 7 N–H and O–H groups in total. The van der Waals surface area contributed by atoms with Crippen LogP contribution in [0.4, 0.5) is 28.9 Å². The molecule has 1 fully saturated rings. The van der Waals surface area contributed by atoms with Gasteiger partial charge < -0.3 is 20.9 Å². The van der Waals surface area contributed by atoms with Crippen molar-refractivity contribution in [2.45, 2.75) is 62.9 Å². The number of nitrogens with two attached hydrogens (primary N) is 1. The van der Waals surface area contributed by atoms with Crippen molar-refractivity contribution in [3.05, 3.63) is 101 Å². The van der Waals surface area contributed by atoms with Crippen LogP contribution in [0.3, 0.4) is 0 Å². The Kier molecular flexibility index (Phi) is 10.8. The maximum Gasteiger partial charge on any atom is 0.432 e. The largest absolute Gasteiger partial charge is 0.598 e. The van der Waals surface area contributed by atoms with Gasteiger partial charge in [0.25, 0.3) is 5.91 Å². The highest BCUT2D eigenvalue weighted by Crippen LogP contribution is 2.43. The molecular weight excluding hydrogens is 634 g/mol. The Hall–Kier alpha value is -4.27. The van der Waals surface area contributed by atoms with Crippen molar-refractivity contribution in [1.29, 1.82) is 10.8 Å². The molecule has 1 aliphatic carbocycles. The third-order valence-corrected chi connectivity index (χ3v) is 9.25. The third kappa shape index (κ3) is 9.18. The Morgan fingerprint density at radius 2 is 1.79 bits per heavy atom. The lowest BCUT2D eigenvalue weighted by Gasteiger charge is -2.38. The Labute approximate surface area is 273 Å². The smallest absolute Gasteiger partial charge is 0.432 e. The number of benzene rings is 2. The number of amides is 1. The second-order valence-corrected chi connectivity index (χ2v) is 14.3. The van der Waals surface area contributed by atoms with Crippen LogP contribution < -0.4 is 21.1 Å². The summed E-state index contributed by atoms with van der Waals surface area (Å²) in [6.07, 6.45) is 1.78. The van der Waals surface area contributed by atoms with Gasteiger partial charge in [-0.15, -0.1) is 4.72 Å². The molecular formula is C33H37F4N7O2S. The lowest BCUT2D eigenvalue weighted by molar-refractivity contribution is -0.112. The van der Waals surface area contributed by atoms with Crippen LogP contribution in [-0.2, 0) is 21.7 Å². The summed E-state index contributed by atoms with van der Waals surface area (Å²) in [5.41, 5.74) is 2.96. The molecule has 47 heavy (non-hydrogen) atoms. The topological polar surface area (TPSA) is 163 Å². The zero-order valence-corrected chi connectivity index (χ0v) is 26.9. The van der Waals surface area contributed by atoms with E-state index in [-0.39, 0.29) is 22.8 Å². The van der Waals surface area contributed by atoms with E-state index in [1.54, 1.807) is 18.5 Å². The minimum Gasteiger partial charge on any atom is -0.598 e. The third-order valence-electron chi connectivity index (χ3n) is 7.60. The molecule has 0 aliphatic heterocycles. The van der Waals surface area contributed by atoms with E-state index in [0.29, 0.717) is 29.5 Å². The fraction of sp³-hybridized carbons (Fsp3) is 0.333. The van der Waals surface area contributed by atoms with Gasteiger partial charge in [-0.3, -0.25) is 20.6 Å². The summed E-state index contributed by atoms with van der Waals surface area (Å²) < 4.78 is 71.7. The molecule has 0 radical (unpaired) electrons. The van der Waals surface area contributed by atoms with Gasteiger partial charge in [-0.2, -0.15) is 13.2 Å². The van der Waals surface area contributed by atoms with E-state index in [1.165, 1.54) is 36.4 Å². The second kappa shape index (κ2) is 14.2. The minimum absolute atomic E-state index is 0.104. The Morgan fingerprint density at radius 3 is 2.38 bits per heavy atom. The number of amidine groups is 1. The van der Waals surface area contributed by atoms with Crippen LogP contribution in [0.25, 0.3) is 0 Å². The summed E-state index contributed by atoms with van der Waals surface area (Å²) in [4.78, 5) is 17.8. The summed E-state index contributed by atoms with van der Waals surface area (Å²) in [7, 11) is 0. The van der Waals surface area contributed by atoms with Crippen LogP contribution in [-0.4, -0.2) is 37.9 Å². The van der Waals surface area contributed by atoms with Crippen molar-refractivity contribution >= 4 is 40.2 Å². The zero-order valence-electron chi connectivity index (χ0n) is 26.1. The molecule has 0 saturated heterocycles. The van der Waals surface area contributed by atoms with Crippen molar-refractivity contribution in [3.63, 3.8) is 0 Å². The quantitative estimate of drug-likeness (QED) is 0.0399. The van der Waals surface area contributed by atoms with Crippen molar-refractivity contribution < 1.29 is 26.9 Å². The molecule has 2 unspecified atom stereocenters. The Bertz CT molecular complexity index is 1660. The normalized spacial score (nSPS) is 15.8. The number of halogens is 4. The van der Waals surface area contributed by atoms with E-state index in [9.17, 15) is 22.5 Å². The predicted molar refractivity (Wildman–Crippen MR) is 176 cm³/mol. The molecule has 1 aromatic heterocycles. The summed E-state index contributed by atoms with van der Waals surface area (Å²) in [5, 5.41) is 20.0. The first kappa shape index (κ1) is 35.6. The van der Waals surface area contributed by atoms with Gasteiger partial charge in [0, 0.05) is 35.0 Å². The number of rotatable bonds is 13. The highest BCUT2D eigenvalue weighted by atomic mass is 32.2. The number of carbonyl (C=O) groups is 1. The molecule has 4 rings (SSSR count). The molecule has 14 heteroatoms. The Balaban J connectivity index is 1.77. The fourth-order valence-electron chi connectivity index (χ4n) is 4.76. The maximum absolute atomic E-state index is 15.4. The van der Waals surface area contributed by atoms with Gasteiger partial charge in [0.05, 0.1) is 5.69 Å². The SMILES string of the molecule is CC(C)(C)[S+]([O-])NC(CCC1CC1)(c1cccnc1)c1ccc(F)c(NC(=O)/C(=C/C(=N)C(F)(F)F)Nc2cccc(C(=N)N)c2)c1. The van der Waals surface area contributed by atoms with Gasteiger partial charge in [-0.05, 0) is 87.1 Å². The number of hydrogen-bond donors (Lipinski definition) is 6. The number of carbonyl (C=O) groups excluding carboxylic acids is 1. The summed E-state index contributed by atoms with van der Waals surface area (Å²) in [6, 6.07) is 13.3. The first-order chi connectivity index (χ1) is 22.0. The maximum atomic E-state index is 15.4. The van der Waals surface area contributed by atoms with Gasteiger partial charge in [-0.25, -0.2) is 4.39 Å². The average molecular weight is 672 g/mol. The molecule has 0 spiro atoms. The number of hydrogen-bond acceptors (Lipinski definition) is 7. The second-order valence-electron chi connectivity index (χ2n) is 12.3. The van der Waals surface area contributed by atoms with E-state index in [1.807, 2.05) is 26.8 Å². The number of aromatic nitrogens is 1. The first-order valence-corrected chi connectivity index (χ1v) is 15.9. The van der Waals surface area contributed by atoms with Crippen molar-refractivity contribution in [2.24, 2.45) is 11.7 Å². The van der Waals surface area contributed by atoms with Crippen molar-refractivity contribution in [2.75, 3.05) is 10.6 Å². The minimum atomic E-state index is -5.07. The van der Waals surface area contributed by atoms with Crippen LogP contribution in [0.2, 0.25) is 0 Å². The molecule has 2 aromatic carbocycles. The van der Waals surface area contributed by atoms with E-state index >= 15 is 4.39 Å². The van der Waals surface area contributed by atoms with E-state index in [4.69, 9.17) is 16.6 Å². The molecule has 1 saturated carbocycles. The number of anilines is 2. The van der Waals surface area contributed by atoms with Crippen LogP contribution in [0, 0.1) is 22.6 Å². The molecule has 9 nitrogen and oxygen atoms in total. The highest BCUT2D eigenvalue weighted by Gasteiger charge is 2.44. The zero-order chi connectivity index (χ0) is 34.6. The van der Waals surface area contributed by atoms with Gasteiger partial charge >= 0.3 is 6.18 Å². The average Bonchev–Trinajstić information content (AvgIpc) is 3.84. The number of nitrogens with one attached hydrogen (secondary N) is 5. The van der Waals surface area contributed by atoms with Gasteiger partial charge in [0.2, 0.25) is 0 Å². The van der Waals surface area contributed by atoms with Crippen molar-refractivity contribution in [1.82, 2.24) is 9.71 Å². The Morgan fingerprint density at radius 1 is 1.06 bits per heavy atom. The van der Waals surface area contributed by atoms with Gasteiger partial charge in [-0.1, -0.05) is 37.1 Å². The first-order valence-electron chi connectivity index (χ1n) is 14.8. The molecule has 1 heterocycles. The molecule has 0 bridgehead atoms. The molecule has 1 aliphatic rings. The molecule has 250 valence electrons. The van der Waals surface area contributed by atoms with E-state index in [0.717, 1.165) is 25.3 Å². The van der Waals surface area contributed by atoms with Crippen LogP contribution in [0.5, 0.6) is 0 Å². The van der Waals surface area contributed by atoms with Crippen molar-refractivity contribution in [3.8, 4) is 0 Å². The van der Waals surface area contributed by atoms with E-state index in [2.05, 4.69) is 20.3 Å². The standard InChI is InChI=1S/C33H37F4N7O2S/c1-31(2,3)47(46)44-32(14-13-20-9-10-20,23-7-5-15-41-19-23)22-11-12-25(34)26(17-22)43-30(45)27(18-28(38)33(35,36)37)42-24-8-4-6-21(16-24)29(39)40/h4-8,11-12,15-20,38,42,44H,9-10,13-14H2,1-3H3,(H3,39,40)(H,43,45)/b27-18-,38-28?. The van der Waals surface area contributed by atoms with E-state index < -0.39 is 51.0 Å². The highest BCUT2D eigenvalue weighted by molar-refractivity contribution is 7.90. The van der Waals surface area contributed by atoms with Crippen LogP contribution in [0.15, 0.2) is 78.8 Å². The van der Waals surface area contributed by atoms with Gasteiger partial charge in [0.1, 0.15) is 33.3 Å². The predicted octanol–water partition coefficient (Wildman–Crippen LogP) is 6.51. The summed E-state index contributed by atoms with van der Waals surface area (Å²) in [5.74, 6) is -1.88. The van der Waals surface area contributed by atoms with Crippen LogP contribution >= 0.6 is 0 Å². The summed E-state index contributed by atoms with van der Waals surface area (Å²) in [6.45, 7) is 5.44. The lowest BCUT2D eigenvalue weighted by atomic mass is 9.80. The van der Waals surface area contributed by atoms with Crippen LogP contribution in [0.1, 0.15) is 63.1 Å². The number of pyridine rings is 1. The fourth-order valence-corrected chi connectivity index (χ4v) is 5.72. The molecule has 1 amide bonds. The summed E-state index contributed by atoms with van der Waals surface area (Å²) >= 11 is -1.61. The van der Waals surface area contributed by atoms with Gasteiger partial charge in [0.15, 0.2) is 0 Å². The number of allylic oxidation sites excluding steroid dienone is 1. The number of nitrogens with zero attached hydrogens (tertiary/aromatic N) is 1. The molecule has 3 aromatic rings. The number of alkyl halides is 3. The lowest BCUT2D eigenvalue weighted by Crippen LogP contribution is -2.52.